The van der Waals surface area contributed by atoms with Crippen LogP contribution in [0, 0.1) is 0 Å². The summed E-state index contributed by atoms with van der Waals surface area (Å²) in [5.41, 5.74) is 0.740. The van der Waals surface area contributed by atoms with Gasteiger partial charge < -0.3 is 15.4 Å². The van der Waals surface area contributed by atoms with Crippen molar-refractivity contribution in [2.75, 3.05) is 6.54 Å². The second kappa shape index (κ2) is 6.35. The SMILES string of the molecule is CC1=C(C(=O)OCc2ccc(C(F)(F)F)cc2)CNC(=S)N1. The second-order valence-electron chi connectivity index (χ2n) is 4.68. The molecule has 2 rings (SSSR count). The van der Waals surface area contributed by atoms with Crippen molar-refractivity contribution in [3.63, 3.8) is 0 Å². The third-order valence-corrected chi connectivity index (χ3v) is 3.32. The summed E-state index contributed by atoms with van der Waals surface area (Å²) < 4.78 is 42.4. The first-order chi connectivity index (χ1) is 10.3. The molecule has 2 N–H and O–H groups in total. The van der Waals surface area contributed by atoms with Crippen LogP contribution in [0.1, 0.15) is 18.1 Å². The lowest BCUT2D eigenvalue weighted by Gasteiger charge is -2.20. The van der Waals surface area contributed by atoms with E-state index >= 15 is 0 Å². The minimum absolute atomic E-state index is 0.0990. The van der Waals surface area contributed by atoms with Gasteiger partial charge in [0, 0.05) is 5.70 Å². The van der Waals surface area contributed by atoms with Crippen molar-refractivity contribution in [2.45, 2.75) is 19.7 Å². The number of halogens is 3. The van der Waals surface area contributed by atoms with E-state index in [0.717, 1.165) is 12.1 Å². The van der Waals surface area contributed by atoms with E-state index in [1.54, 1.807) is 6.92 Å². The normalized spacial score (nSPS) is 15.2. The lowest BCUT2D eigenvalue weighted by molar-refractivity contribution is -0.141. The van der Waals surface area contributed by atoms with Gasteiger partial charge >= 0.3 is 12.1 Å². The van der Waals surface area contributed by atoms with Crippen LogP contribution >= 0.6 is 12.2 Å². The highest BCUT2D eigenvalue weighted by Gasteiger charge is 2.30. The summed E-state index contributed by atoms with van der Waals surface area (Å²) in [6, 6.07) is 4.47. The number of hydrogen-bond donors (Lipinski definition) is 2. The second-order valence-corrected chi connectivity index (χ2v) is 5.09. The fourth-order valence-corrected chi connectivity index (χ4v) is 2.07. The van der Waals surface area contributed by atoms with Crippen LogP contribution in [-0.2, 0) is 22.3 Å². The molecular weight excluding hydrogens is 317 g/mol. The number of carbonyl (C=O) groups is 1. The lowest BCUT2D eigenvalue weighted by Crippen LogP contribution is -2.42. The van der Waals surface area contributed by atoms with Crippen molar-refractivity contribution in [3.05, 3.63) is 46.7 Å². The average molecular weight is 330 g/mol. The van der Waals surface area contributed by atoms with E-state index in [1.165, 1.54) is 12.1 Å². The van der Waals surface area contributed by atoms with Crippen LogP contribution in [0.3, 0.4) is 0 Å². The van der Waals surface area contributed by atoms with E-state index in [4.69, 9.17) is 17.0 Å². The molecule has 1 aromatic rings. The van der Waals surface area contributed by atoms with Crippen molar-refractivity contribution >= 4 is 23.3 Å². The van der Waals surface area contributed by atoms with Crippen LogP contribution in [0.15, 0.2) is 35.5 Å². The molecule has 0 atom stereocenters. The van der Waals surface area contributed by atoms with Gasteiger partial charge in [-0.25, -0.2) is 4.79 Å². The van der Waals surface area contributed by atoms with Gasteiger partial charge in [-0.2, -0.15) is 13.2 Å². The van der Waals surface area contributed by atoms with E-state index in [-0.39, 0.29) is 13.2 Å². The first kappa shape index (κ1) is 16.3. The largest absolute Gasteiger partial charge is 0.457 e. The predicted molar refractivity (Wildman–Crippen MR) is 77.7 cm³/mol. The summed E-state index contributed by atoms with van der Waals surface area (Å²) in [6.07, 6.45) is -4.38. The van der Waals surface area contributed by atoms with E-state index in [0.29, 0.717) is 21.9 Å². The third-order valence-electron chi connectivity index (χ3n) is 3.08. The van der Waals surface area contributed by atoms with Crippen LogP contribution in [-0.4, -0.2) is 17.6 Å². The zero-order chi connectivity index (χ0) is 16.3. The molecular formula is C14H13F3N2O2S. The fourth-order valence-electron chi connectivity index (χ4n) is 1.84. The molecule has 0 saturated carbocycles. The topological polar surface area (TPSA) is 50.4 Å². The van der Waals surface area contributed by atoms with Gasteiger partial charge in [0.15, 0.2) is 5.11 Å². The summed E-state index contributed by atoms with van der Waals surface area (Å²) in [7, 11) is 0. The molecule has 22 heavy (non-hydrogen) atoms. The summed E-state index contributed by atoms with van der Waals surface area (Å²) in [5.74, 6) is -0.542. The van der Waals surface area contributed by atoms with Gasteiger partial charge in [0.2, 0.25) is 0 Å². The molecule has 1 aromatic carbocycles. The lowest BCUT2D eigenvalue weighted by atomic mass is 10.1. The number of thiocarbonyl (C=S) groups is 1. The van der Waals surface area contributed by atoms with Crippen molar-refractivity contribution in [1.29, 1.82) is 0 Å². The van der Waals surface area contributed by atoms with Crippen LogP contribution in [0.4, 0.5) is 13.2 Å². The number of ether oxygens (including phenoxy) is 1. The quantitative estimate of drug-likeness (QED) is 0.659. The maximum absolute atomic E-state index is 12.4. The molecule has 0 amide bonds. The first-order valence-corrected chi connectivity index (χ1v) is 6.76. The predicted octanol–water partition coefficient (Wildman–Crippen LogP) is 2.50. The number of allylic oxidation sites excluding steroid dienone is 1. The number of benzene rings is 1. The maximum atomic E-state index is 12.4. The third kappa shape index (κ3) is 3.97. The highest BCUT2D eigenvalue weighted by atomic mass is 32.1. The van der Waals surface area contributed by atoms with Gasteiger partial charge in [-0.05, 0) is 36.8 Å². The first-order valence-electron chi connectivity index (χ1n) is 6.35. The Hall–Kier alpha value is -2.09. The molecule has 8 heteroatoms. The number of nitrogens with one attached hydrogen (secondary N) is 2. The Bertz CT molecular complexity index is 624. The number of carbonyl (C=O) groups excluding carboxylic acids is 1. The van der Waals surface area contributed by atoms with E-state index in [1.807, 2.05) is 0 Å². The Morgan fingerprint density at radius 3 is 2.50 bits per heavy atom. The van der Waals surface area contributed by atoms with Crippen LogP contribution < -0.4 is 10.6 Å². The van der Waals surface area contributed by atoms with Crippen molar-refractivity contribution in [1.82, 2.24) is 10.6 Å². The average Bonchev–Trinajstić information content (AvgIpc) is 2.44. The molecule has 0 aliphatic carbocycles. The van der Waals surface area contributed by atoms with E-state index < -0.39 is 17.7 Å². The Balaban J connectivity index is 1.97. The van der Waals surface area contributed by atoms with Gasteiger partial charge in [-0.15, -0.1) is 0 Å². The number of esters is 1. The van der Waals surface area contributed by atoms with Crippen LogP contribution in [0.5, 0.6) is 0 Å². The van der Waals surface area contributed by atoms with E-state index in [9.17, 15) is 18.0 Å². The van der Waals surface area contributed by atoms with Crippen molar-refractivity contribution < 1.29 is 22.7 Å². The number of hydrogen-bond acceptors (Lipinski definition) is 3. The number of rotatable bonds is 3. The van der Waals surface area contributed by atoms with Gasteiger partial charge in [0.25, 0.3) is 0 Å². The molecule has 0 bridgehead atoms. The minimum atomic E-state index is -4.38. The van der Waals surface area contributed by atoms with Gasteiger partial charge in [0.1, 0.15) is 6.61 Å². The molecule has 1 aliphatic rings. The summed E-state index contributed by atoms with van der Waals surface area (Å²) in [6.45, 7) is 1.85. The van der Waals surface area contributed by atoms with Crippen LogP contribution in [0.2, 0.25) is 0 Å². The molecule has 0 fully saturated rings. The van der Waals surface area contributed by atoms with Crippen molar-refractivity contribution in [2.24, 2.45) is 0 Å². The Labute approximate surface area is 130 Å². The molecule has 0 radical (unpaired) electrons. The molecule has 0 spiro atoms. The van der Waals surface area contributed by atoms with Crippen molar-refractivity contribution in [3.8, 4) is 0 Å². The highest BCUT2D eigenvalue weighted by Crippen LogP contribution is 2.29. The van der Waals surface area contributed by atoms with E-state index in [2.05, 4.69) is 10.6 Å². The molecule has 0 saturated heterocycles. The summed E-state index contributed by atoms with van der Waals surface area (Å²) >= 11 is 4.91. The van der Waals surface area contributed by atoms with Gasteiger partial charge in [0.05, 0.1) is 17.7 Å². The monoisotopic (exact) mass is 330 g/mol. The van der Waals surface area contributed by atoms with Gasteiger partial charge in [-0.3, -0.25) is 0 Å². The maximum Gasteiger partial charge on any atom is 0.416 e. The molecule has 0 unspecified atom stereocenters. The molecule has 118 valence electrons. The zero-order valence-electron chi connectivity index (χ0n) is 11.6. The Kier molecular flexibility index (Phi) is 4.70. The molecule has 1 heterocycles. The Morgan fingerprint density at radius 2 is 1.95 bits per heavy atom. The fraction of sp³-hybridized carbons (Fsp3) is 0.286. The highest BCUT2D eigenvalue weighted by molar-refractivity contribution is 7.80. The minimum Gasteiger partial charge on any atom is -0.457 e. The van der Waals surface area contributed by atoms with Crippen LogP contribution in [0.25, 0.3) is 0 Å². The zero-order valence-corrected chi connectivity index (χ0v) is 12.4. The standard InChI is InChI=1S/C14H13F3N2O2S/c1-8-11(6-18-13(22)19-8)12(20)21-7-9-2-4-10(5-3-9)14(15,16)17/h2-5H,6-7H2,1H3,(H2,18,19,22). The van der Waals surface area contributed by atoms with Gasteiger partial charge in [-0.1, -0.05) is 12.1 Å². The summed E-state index contributed by atoms with van der Waals surface area (Å²) in [5, 5.41) is 6.04. The smallest absolute Gasteiger partial charge is 0.416 e. The Morgan fingerprint density at radius 1 is 1.32 bits per heavy atom. The summed E-state index contributed by atoms with van der Waals surface area (Å²) in [4.78, 5) is 11.9. The molecule has 1 aliphatic heterocycles. The number of alkyl halides is 3. The molecule has 0 aromatic heterocycles. The molecule has 4 nitrogen and oxygen atoms in total.